The fourth-order valence-electron chi connectivity index (χ4n) is 3.40. The average Bonchev–Trinajstić information content (AvgIpc) is 3.03. The lowest BCUT2D eigenvalue weighted by Crippen LogP contribution is -2.46. The summed E-state index contributed by atoms with van der Waals surface area (Å²) in [6.45, 7) is 2.06. The maximum absolute atomic E-state index is 12.5. The van der Waals surface area contributed by atoms with Crippen LogP contribution in [0.2, 0.25) is 5.02 Å². The van der Waals surface area contributed by atoms with Crippen LogP contribution in [0.25, 0.3) is 0 Å². The molecule has 27 heavy (non-hydrogen) atoms. The zero-order valence-corrected chi connectivity index (χ0v) is 16.3. The maximum Gasteiger partial charge on any atom is 0.225 e. The molecule has 2 aromatic rings. The number of nitrogens with one attached hydrogen (secondary N) is 3. The van der Waals surface area contributed by atoms with Crippen molar-refractivity contribution in [3.8, 4) is 11.5 Å². The first-order chi connectivity index (χ1) is 13.0. The third kappa shape index (κ3) is 4.35. The molecule has 3 atom stereocenters. The minimum atomic E-state index is -0.256. The number of hydrazine groups is 1. The molecule has 0 aromatic heterocycles. The third-order valence-electron chi connectivity index (χ3n) is 4.78. The van der Waals surface area contributed by atoms with Crippen LogP contribution in [-0.4, -0.2) is 32.3 Å². The molecule has 1 aliphatic heterocycles. The fraction of sp³-hybridized carbons (Fsp3) is 0.350. The van der Waals surface area contributed by atoms with Crippen LogP contribution in [0.3, 0.4) is 0 Å². The predicted octanol–water partition coefficient (Wildman–Crippen LogP) is 2.62. The van der Waals surface area contributed by atoms with Crippen LogP contribution in [0.5, 0.6) is 11.5 Å². The van der Waals surface area contributed by atoms with Crippen molar-refractivity contribution in [2.75, 3.05) is 14.2 Å². The second-order valence-electron chi connectivity index (χ2n) is 6.53. The topological polar surface area (TPSA) is 71.6 Å². The Morgan fingerprint density at radius 1 is 1.11 bits per heavy atom. The first kappa shape index (κ1) is 19.5. The van der Waals surface area contributed by atoms with Gasteiger partial charge < -0.3 is 14.8 Å². The van der Waals surface area contributed by atoms with Gasteiger partial charge in [0.15, 0.2) is 11.5 Å². The van der Waals surface area contributed by atoms with Gasteiger partial charge in [0.2, 0.25) is 5.91 Å². The number of benzene rings is 2. The van der Waals surface area contributed by atoms with E-state index in [1.165, 1.54) is 0 Å². The predicted molar refractivity (Wildman–Crippen MR) is 105 cm³/mol. The number of hydrogen-bond donors (Lipinski definition) is 3. The average molecular weight is 390 g/mol. The van der Waals surface area contributed by atoms with Gasteiger partial charge in [0.25, 0.3) is 0 Å². The molecule has 144 valence electrons. The zero-order valence-electron chi connectivity index (χ0n) is 15.6. The molecule has 3 N–H and O–H groups in total. The van der Waals surface area contributed by atoms with E-state index in [-0.39, 0.29) is 30.5 Å². The molecule has 0 radical (unpaired) electrons. The molecule has 1 amide bonds. The molecule has 7 heteroatoms. The molecule has 3 rings (SSSR count). The molecule has 3 unspecified atom stereocenters. The normalized spacial score (nSPS) is 21.7. The molecule has 0 saturated carbocycles. The Balaban J connectivity index is 1.75. The highest BCUT2D eigenvalue weighted by atomic mass is 35.5. The molecule has 1 aliphatic rings. The molecule has 0 bridgehead atoms. The number of hydrogen-bond acceptors (Lipinski definition) is 5. The molecule has 6 nitrogen and oxygen atoms in total. The lowest BCUT2D eigenvalue weighted by molar-refractivity contribution is -0.121. The van der Waals surface area contributed by atoms with Crippen molar-refractivity contribution in [1.29, 1.82) is 0 Å². The lowest BCUT2D eigenvalue weighted by atomic mass is 9.91. The molecule has 2 aromatic carbocycles. The third-order valence-corrected chi connectivity index (χ3v) is 5.15. The summed E-state index contributed by atoms with van der Waals surface area (Å²) >= 11 is 6.16. The second kappa shape index (κ2) is 8.61. The molecule has 1 heterocycles. The highest BCUT2D eigenvalue weighted by molar-refractivity contribution is 6.31. The summed E-state index contributed by atoms with van der Waals surface area (Å²) in [6.07, 6.45) is -0.0293. The molecular weight excluding hydrogens is 366 g/mol. The largest absolute Gasteiger partial charge is 0.493 e. The van der Waals surface area contributed by atoms with E-state index < -0.39 is 0 Å². The number of rotatable bonds is 6. The highest BCUT2D eigenvalue weighted by Gasteiger charge is 2.35. The Morgan fingerprint density at radius 2 is 1.85 bits per heavy atom. The molecule has 0 aliphatic carbocycles. The first-order valence-electron chi connectivity index (χ1n) is 8.79. The molecule has 1 fully saturated rings. The number of methoxy groups -OCH3 is 2. The number of amides is 1. The Morgan fingerprint density at radius 3 is 2.56 bits per heavy atom. The summed E-state index contributed by atoms with van der Waals surface area (Å²) in [5.74, 6) is 1.27. The van der Waals surface area contributed by atoms with Gasteiger partial charge in [-0.3, -0.25) is 10.2 Å². The van der Waals surface area contributed by atoms with Gasteiger partial charge in [-0.1, -0.05) is 35.9 Å². The van der Waals surface area contributed by atoms with Gasteiger partial charge in [-0.15, -0.1) is 0 Å². The van der Waals surface area contributed by atoms with E-state index >= 15 is 0 Å². The summed E-state index contributed by atoms with van der Waals surface area (Å²) in [6, 6.07) is 13.3. The number of carbonyl (C=O) groups excluding carboxylic acids is 1. The van der Waals surface area contributed by atoms with Gasteiger partial charge in [-0.25, -0.2) is 5.43 Å². The smallest absolute Gasteiger partial charge is 0.225 e. The maximum atomic E-state index is 12.5. The van der Waals surface area contributed by atoms with Crippen LogP contribution in [0.15, 0.2) is 42.5 Å². The zero-order chi connectivity index (χ0) is 19.4. The van der Waals surface area contributed by atoms with Gasteiger partial charge in [-0.05, 0) is 36.2 Å². The van der Waals surface area contributed by atoms with Gasteiger partial charge in [0.05, 0.1) is 20.6 Å². The minimum Gasteiger partial charge on any atom is -0.493 e. The summed E-state index contributed by atoms with van der Waals surface area (Å²) in [5, 5.41) is 3.65. The number of ether oxygens (including phenoxy) is 2. The van der Waals surface area contributed by atoms with E-state index in [9.17, 15) is 4.79 Å². The van der Waals surface area contributed by atoms with Crippen LogP contribution in [0, 0.1) is 0 Å². The van der Waals surface area contributed by atoms with Crippen LogP contribution in [0.4, 0.5) is 0 Å². The Hall–Kier alpha value is -2.28. The minimum absolute atomic E-state index is 0.0278. The van der Waals surface area contributed by atoms with E-state index in [2.05, 4.69) is 23.1 Å². The van der Waals surface area contributed by atoms with Gasteiger partial charge >= 0.3 is 0 Å². The lowest BCUT2D eigenvalue weighted by Gasteiger charge is -2.23. The van der Waals surface area contributed by atoms with Crippen LogP contribution >= 0.6 is 11.6 Å². The van der Waals surface area contributed by atoms with Gasteiger partial charge in [0, 0.05) is 17.0 Å². The molecular formula is C20H24ClN3O3. The van der Waals surface area contributed by atoms with Gasteiger partial charge in [-0.2, -0.15) is 0 Å². The summed E-state index contributed by atoms with van der Waals surface area (Å²) < 4.78 is 10.7. The number of halogens is 1. The molecule has 0 spiro atoms. The van der Waals surface area contributed by atoms with Crippen molar-refractivity contribution < 1.29 is 14.3 Å². The number of carbonyl (C=O) groups is 1. The van der Waals surface area contributed by atoms with Crippen molar-refractivity contribution in [2.24, 2.45) is 0 Å². The first-order valence-corrected chi connectivity index (χ1v) is 9.17. The highest BCUT2D eigenvalue weighted by Crippen LogP contribution is 2.34. The quantitative estimate of drug-likeness (QED) is 0.708. The summed E-state index contributed by atoms with van der Waals surface area (Å²) in [5.41, 5.74) is 8.21. The van der Waals surface area contributed by atoms with E-state index in [0.29, 0.717) is 16.5 Å². The van der Waals surface area contributed by atoms with Crippen molar-refractivity contribution >= 4 is 17.5 Å². The van der Waals surface area contributed by atoms with E-state index in [4.69, 9.17) is 21.1 Å². The van der Waals surface area contributed by atoms with Crippen LogP contribution in [0.1, 0.15) is 24.0 Å². The van der Waals surface area contributed by atoms with Gasteiger partial charge in [0.1, 0.15) is 6.17 Å². The second-order valence-corrected chi connectivity index (χ2v) is 6.94. The Bertz CT molecular complexity index is 815. The van der Waals surface area contributed by atoms with E-state index in [1.807, 2.05) is 36.4 Å². The standard InChI is InChI=1S/C20H24ClN3O3/c1-12-19(14-8-9-16(26-2)17(10-14)27-3)20(24-23-12)22-18(25)11-13-6-4-5-7-15(13)21/h4-10,12,19-20,23-24H,11H2,1-3H3,(H,22,25). The molecule has 1 saturated heterocycles. The summed E-state index contributed by atoms with van der Waals surface area (Å²) in [7, 11) is 3.22. The summed E-state index contributed by atoms with van der Waals surface area (Å²) in [4.78, 5) is 12.5. The van der Waals surface area contributed by atoms with E-state index in [0.717, 1.165) is 11.1 Å². The van der Waals surface area contributed by atoms with Crippen LogP contribution in [-0.2, 0) is 11.2 Å². The van der Waals surface area contributed by atoms with Crippen molar-refractivity contribution in [3.63, 3.8) is 0 Å². The monoisotopic (exact) mass is 389 g/mol. The Kier molecular flexibility index (Phi) is 6.21. The van der Waals surface area contributed by atoms with Crippen molar-refractivity contribution in [3.05, 3.63) is 58.6 Å². The SMILES string of the molecule is COc1ccc(C2C(C)NNC2NC(=O)Cc2ccccc2Cl)cc1OC. The van der Waals surface area contributed by atoms with Crippen LogP contribution < -0.4 is 25.6 Å². The van der Waals surface area contributed by atoms with E-state index in [1.54, 1.807) is 20.3 Å². The fourth-order valence-corrected chi connectivity index (χ4v) is 3.60. The van der Waals surface area contributed by atoms with Crippen molar-refractivity contribution in [1.82, 2.24) is 16.2 Å². The van der Waals surface area contributed by atoms with Crippen molar-refractivity contribution in [2.45, 2.75) is 31.5 Å². The Labute approximate surface area is 164 Å².